The summed E-state index contributed by atoms with van der Waals surface area (Å²) in [7, 11) is 0. The summed E-state index contributed by atoms with van der Waals surface area (Å²) in [6.07, 6.45) is 3.93. The quantitative estimate of drug-likeness (QED) is 0.116. The highest BCUT2D eigenvalue weighted by Crippen LogP contribution is 2.51. The Balaban J connectivity index is 1.57. The van der Waals surface area contributed by atoms with E-state index < -0.39 is 41.7 Å². The summed E-state index contributed by atoms with van der Waals surface area (Å²) in [5.74, 6) is -3.56. The van der Waals surface area contributed by atoms with E-state index in [0.29, 0.717) is 43.7 Å². The molecule has 3 aromatic heterocycles. The Morgan fingerprint density at radius 2 is 2.02 bits per heavy atom. The molecule has 2 aliphatic heterocycles. The van der Waals surface area contributed by atoms with Crippen molar-refractivity contribution in [2.24, 2.45) is 17.6 Å². The molecule has 2 aliphatic rings. The zero-order valence-electron chi connectivity index (χ0n) is 21.9. The summed E-state index contributed by atoms with van der Waals surface area (Å²) in [4.78, 5) is 57.6. The van der Waals surface area contributed by atoms with Gasteiger partial charge in [0.05, 0.1) is 33.4 Å². The number of ketones is 1. The molecule has 0 aliphatic carbocycles. The van der Waals surface area contributed by atoms with Crippen LogP contribution in [0.15, 0.2) is 35.4 Å². The summed E-state index contributed by atoms with van der Waals surface area (Å²) in [5, 5.41) is 29.5. The number of aliphatic hydroxyl groups excluding tert-OH is 1. The number of aliphatic carboxylic acids is 2. The third-order valence-corrected chi connectivity index (χ3v) is 9.53. The molecule has 12 nitrogen and oxygen atoms in total. The molecule has 40 heavy (non-hydrogen) atoms. The van der Waals surface area contributed by atoms with Crippen molar-refractivity contribution in [3.63, 3.8) is 0 Å². The number of thiazole rings is 1. The highest BCUT2D eigenvalue weighted by molar-refractivity contribution is 7.99. The maximum absolute atomic E-state index is 13.8. The molecule has 4 atom stereocenters. The van der Waals surface area contributed by atoms with E-state index in [4.69, 9.17) is 5.73 Å². The molecule has 0 spiro atoms. The molecule has 1 saturated heterocycles. The van der Waals surface area contributed by atoms with Crippen molar-refractivity contribution >= 4 is 57.1 Å². The summed E-state index contributed by atoms with van der Waals surface area (Å²) >= 11 is 2.60. The maximum Gasteiger partial charge on any atom is 0.370 e. The van der Waals surface area contributed by atoms with Crippen LogP contribution in [0.1, 0.15) is 40.5 Å². The fourth-order valence-corrected chi connectivity index (χ4v) is 7.56. The number of amides is 1. The van der Waals surface area contributed by atoms with E-state index in [1.807, 2.05) is 6.92 Å². The summed E-state index contributed by atoms with van der Waals surface area (Å²) in [6.45, 7) is 5.12. The monoisotopic (exact) mass is 586 g/mol. The van der Waals surface area contributed by atoms with Gasteiger partial charge in [0.25, 0.3) is 0 Å². The minimum Gasteiger partial charge on any atom is -0.477 e. The van der Waals surface area contributed by atoms with Gasteiger partial charge in [0.15, 0.2) is 11.9 Å². The highest BCUT2D eigenvalue weighted by Gasteiger charge is 2.60. The molecule has 0 unspecified atom stereocenters. The Bertz CT molecular complexity index is 1610. The smallest absolute Gasteiger partial charge is 0.370 e. The number of nitrogens with two attached hydrogens (primary N) is 1. The Morgan fingerprint density at radius 1 is 1.30 bits per heavy atom. The number of thioether (sulfide) groups is 1. The number of carbonyl (C=O) groups is 4. The third-order valence-electron chi connectivity index (χ3n) is 7.39. The average Bonchev–Trinajstić information content (AvgIpc) is 3.53. The van der Waals surface area contributed by atoms with Gasteiger partial charge in [-0.05, 0) is 13.0 Å². The first-order chi connectivity index (χ1) is 19.0. The second-order valence-corrected chi connectivity index (χ2v) is 12.1. The van der Waals surface area contributed by atoms with Crippen LogP contribution in [-0.4, -0.2) is 77.7 Å². The van der Waals surface area contributed by atoms with Gasteiger partial charge in [0, 0.05) is 36.9 Å². The van der Waals surface area contributed by atoms with Gasteiger partial charge < -0.3 is 26.0 Å². The molecule has 0 saturated carbocycles. The Morgan fingerprint density at radius 3 is 2.65 bits per heavy atom. The minimum atomic E-state index is -1.24. The number of pyridine rings is 1. The van der Waals surface area contributed by atoms with Crippen molar-refractivity contribution in [2.75, 3.05) is 12.3 Å². The van der Waals surface area contributed by atoms with Gasteiger partial charge in [0.1, 0.15) is 22.5 Å². The first-order valence-electron chi connectivity index (χ1n) is 12.5. The number of carboxylic acid groups (broad SMARTS) is 2. The summed E-state index contributed by atoms with van der Waals surface area (Å²) in [5.41, 5.74) is 6.90. The van der Waals surface area contributed by atoms with Crippen LogP contribution in [0.5, 0.6) is 0 Å². The molecule has 210 valence electrons. The average molecular weight is 587 g/mol. The summed E-state index contributed by atoms with van der Waals surface area (Å²) in [6, 6.07) is 1.24. The number of rotatable bonds is 10. The number of carboxylic acids is 2. The first kappa shape index (κ1) is 28.0. The fraction of sp³-hybridized carbons (Fsp3) is 0.385. The fourth-order valence-electron chi connectivity index (χ4n) is 5.59. The van der Waals surface area contributed by atoms with Crippen LogP contribution in [0.2, 0.25) is 0 Å². The van der Waals surface area contributed by atoms with Crippen molar-refractivity contribution in [1.82, 2.24) is 14.3 Å². The van der Waals surface area contributed by atoms with Crippen LogP contribution in [0.4, 0.5) is 0 Å². The first-order valence-corrected chi connectivity index (χ1v) is 14.3. The topological polar surface area (TPSA) is 179 Å². The van der Waals surface area contributed by atoms with Crippen molar-refractivity contribution in [1.29, 1.82) is 0 Å². The van der Waals surface area contributed by atoms with Crippen molar-refractivity contribution in [3.05, 3.63) is 52.3 Å². The number of nitrogens with zero attached hydrogens (tertiary/aromatic N) is 4. The Kier molecular flexibility index (Phi) is 7.29. The lowest BCUT2D eigenvalue weighted by Gasteiger charge is -2.46. The molecule has 5 heterocycles. The molecular weight excluding hydrogens is 558 g/mol. The van der Waals surface area contributed by atoms with Gasteiger partial charge in [-0.15, -0.1) is 23.1 Å². The van der Waals surface area contributed by atoms with Crippen LogP contribution >= 0.6 is 23.1 Å². The van der Waals surface area contributed by atoms with E-state index in [1.165, 1.54) is 45.8 Å². The van der Waals surface area contributed by atoms with Gasteiger partial charge in [0.2, 0.25) is 18.2 Å². The van der Waals surface area contributed by atoms with E-state index in [2.05, 4.69) is 4.98 Å². The van der Waals surface area contributed by atoms with E-state index in [-0.39, 0.29) is 23.9 Å². The molecule has 14 heteroatoms. The van der Waals surface area contributed by atoms with Crippen LogP contribution in [0, 0.1) is 18.8 Å². The van der Waals surface area contributed by atoms with Gasteiger partial charge in [-0.1, -0.05) is 6.92 Å². The van der Waals surface area contributed by atoms with Crippen molar-refractivity contribution in [3.8, 4) is 0 Å². The third kappa shape index (κ3) is 4.40. The second kappa shape index (κ2) is 10.4. The standard InChI is InChI=1S/C26H27N5O7S2/c1-11-18(22(26(37)38)31-21(11)19(13(3)32)24(31)36)16-8-30-10-28-20(25(30)40-16)23(35)15-6-14(39-5-4-27)7-29(12(15)2)9-17(33)34/h6-8,10-11,13,19,21,32H,4-5,9,27H2,1-3H3,(H-,33,34,37,38)/p+1/t11-,13+,19+,21+/m0/s1. The number of hydrogen-bond donors (Lipinski definition) is 4. The van der Waals surface area contributed by atoms with Gasteiger partial charge in [-0.2, -0.15) is 4.57 Å². The number of carbonyl (C=O) groups excluding carboxylic acids is 2. The molecule has 0 bridgehead atoms. The molecule has 5 N–H and O–H groups in total. The van der Waals surface area contributed by atoms with Gasteiger partial charge >= 0.3 is 11.9 Å². The zero-order chi connectivity index (χ0) is 29.0. The molecule has 1 amide bonds. The number of β-lactam (4-membered cyclic amide) rings is 1. The maximum atomic E-state index is 13.8. The normalized spacial score (nSPS) is 21.1. The van der Waals surface area contributed by atoms with Crippen molar-refractivity contribution < 1.29 is 39.1 Å². The zero-order valence-corrected chi connectivity index (χ0v) is 23.5. The number of hydrogen-bond acceptors (Lipinski definition) is 9. The lowest BCUT2D eigenvalue weighted by atomic mass is 9.77. The highest BCUT2D eigenvalue weighted by atomic mass is 32.2. The molecule has 0 aromatic carbocycles. The van der Waals surface area contributed by atoms with E-state index >= 15 is 0 Å². The lowest BCUT2D eigenvalue weighted by Crippen LogP contribution is -2.63. The van der Waals surface area contributed by atoms with E-state index in [0.717, 1.165) is 0 Å². The second-order valence-electron chi connectivity index (χ2n) is 9.89. The number of aromatic nitrogens is 3. The van der Waals surface area contributed by atoms with Crippen LogP contribution in [0.3, 0.4) is 0 Å². The van der Waals surface area contributed by atoms with E-state index in [1.54, 1.807) is 29.8 Å². The number of fused-ring (bicyclic) bond motifs is 2. The van der Waals surface area contributed by atoms with E-state index in [9.17, 15) is 34.5 Å². The molecule has 3 aromatic rings. The van der Waals surface area contributed by atoms with Crippen LogP contribution < -0.4 is 10.3 Å². The molecule has 1 fully saturated rings. The molecule has 0 radical (unpaired) electrons. The number of imidazole rings is 1. The predicted molar refractivity (Wildman–Crippen MR) is 145 cm³/mol. The number of aliphatic hydroxyl groups is 1. The Labute approximate surface area is 236 Å². The SMILES string of the molecule is Cc1c(C(=O)c2ncn3cc(C4=C(C(=O)O)N5C(=O)[C@H]([C@@H](C)O)[C@H]5[C@H]4C)sc23)cc(SCCN)c[n+]1CC(=O)O. The van der Waals surface area contributed by atoms with Crippen LogP contribution in [0.25, 0.3) is 10.4 Å². The largest absolute Gasteiger partial charge is 0.477 e. The molecule has 5 rings (SSSR count). The minimum absolute atomic E-state index is 0.111. The molecular formula is C26H28N5O7S2+. The van der Waals surface area contributed by atoms with Crippen LogP contribution in [-0.2, 0) is 20.9 Å². The lowest BCUT2D eigenvalue weighted by molar-refractivity contribution is -0.693. The van der Waals surface area contributed by atoms with Gasteiger partial charge in [-0.3, -0.25) is 14.0 Å². The van der Waals surface area contributed by atoms with Crippen molar-refractivity contribution in [2.45, 2.75) is 44.4 Å². The summed E-state index contributed by atoms with van der Waals surface area (Å²) < 4.78 is 3.15. The predicted octanol–water partition coefficient (Wildman–Crippen LogP) is 1.01. The Hall–Kier alpha value is -3.59. The van der Waals surface area contributed by atoms with Gasteiger partial charge in [-0.25, -0.2) is 14.6 Å².